The molecule has 0 aliphatic carbocycles. The number of thiophene rings is 1. The van der Waals surface area contributed by atoms with Gasteiger partial charge in [-0.25, -0.2) is 0 Å². The van der Waals surface area contributed by atoms with Crippen LogP contribution >= 0.6 is 35.3 Å². The zero-order valence-electron chi connectivity index (χ0n) is 14.6. The van der Waals surface area contributed by atoms with E-state index in [0.717, 1.165) is 51.5 Å². The van der Waals surface area contributed by atoms with Gasteiger partial charge >= 0.3 is 0 Å². The number of anilines is 1. The third kappa shape index (κ3) is 6.18. The highest BCUT2D eigenvalue weighted by molar-refractivity contribution is 14.0. The van der Waals surface area contributed by atoms with E-state index in [1.54, 1.807) is 6.20 Å². The first-order valence-corrected chi connectivity index (χ1v) is 9.54. The maximum Gasteiger partial charge on any atom is 0.191 e. The van der Waals surface area contributed by atoms with Gasteiger partial charge in [0.1, 0.15) is 0 Å². The van der Waals surface area contributed by atoms with Gasteiger partial charge in [-0.3, -0.25) is 9.67 Å². The van der Waals surface area contributed by atoms with Crippen LogP contribution < -0.4 is 15.5 Å². The van der Waals surface area contributed by atoms with E-state index in [1.807, 2.05) is 28.3 Å². The van der Waals surface area contributed by atoms with Crippen LogP contribution in [0.2, 0.25) is 0 Å². The van der Waals surface area contributed by atoms with E-state index in [0.29, 0.717) is 6.04 Å². The SMILES string of the molecule is CCNC(=NCCn1cccn1)NC1CCN(c2cccs2)CC1.I. The third-order valence-corrected chi connectivity index (χ3v) is 5.09. The molecule has 2 aromatic rings. The van der Waals surface area contributed by atoms with Crippen molar-refractivity contribution >= 4 is 46.3 Å². The maximum absolute atomic E-state index is 4.67. The fourth-order valence-corrected chi connectivity index (χ4v) is 3.69. The molecule has 3 heterocycles. The Morgan fingerprint density at radius 1 is 1.36 bits per heavy atom. The number of aliphatic imine (C=N–C) groups is 1. The highest BCUT2D eigenvalue weighted by atomic mass is 127. The number of hydrogen-bond donors (Lipinski definition) is 2. The van der Waals surface area contributed by atoms with Gasteiger partial charge < -0.3 is 15.5 Å². The van der Waals surface area contributed by atoms with Crippen molar-refractivity contribution in [1.29, 1.82) is 0 Å². The Morgan fingerprint density at radius 3 is 2.84 bits per heavy atom. The Bertz CT molecular complexity index is 605. The normalized spacial score (nSPS) is 15.7. The van der Waals surface area contributed by atoms with Crippen LogP contribution in [0.4, 0.5) is 5.00 Å². The van der Waals surface area contributed by atoms with Crippen molar-refractivity contribution in [2.45, 2.75) is 32.4 Å². The largest absolute Gasteiger partial charge is 0.363 e. The summed E-state index contributed by atoms with van der Waals surface area (Å²) in [6.45, 7) is 6.72. The zero-order valence-corrected chi connectivity index (χ0v) is 17.7. The summed E-state index contributed by atoms with van der Waals surface area (Å²) >= 11 is 1.82. The molecule has 0 atom stereocenters. The summed E-state index contributed by atoms with van der Waals surface area (Å²) in [4.78, 5) is 7.15. The smallest absolute Gasteiger partial charge is 0.191 e. The van der Waals surface area contributed by atoms with Crippen LogP contribution in [0.25, 0.3) is 0 Å². The van der Waals surface area contributed by atoms with Crippen molar-refractivity contribution < 1.29 is 0 Å². The lowest BCUT2D eigenvalue weighted by Crippen LogP contribution is -2.48. The molecule has 0 saturated carbocycles. The lowest BCUT2D eigenvalue weighted by molar-refractivity contribution is 0.462. The predicted octanol–water partition coefficient (Wildman–Crippen LogP) is 2.79. The molecule has 1 saturated heterocycles. The van der Waals surface area contributed by atoms with E-state index < -0.39 is 0 Å². The van der Waals surface area contributed by atoms with Crippen LogP contribution in [-0.4, -0.2) is 48.0 Å². The molecule has 1 fully saturated rings. The average molecular weight is 474 g/mol. The Labute approximate surface area is 170 Å². The molecule has 0 bridgehead atoms. The molecule has 0 spiro atoms. The van der Waals surface area contributed by atoms with Gasteiger partial charge in [0.2, 0.25) is 0 Å². The van der Waals surface area contributed by atoms with E-state index in [9.17, 15) is 0 Å². The van der Waals surface area contributed by atoms with Crippen molar-refractivity contribution in [2.75, 3.05) is 31.1 Å². The molecule has 2 aromatic heterocycles. The van der Waals surface area contributed by atoms with E-state index in [4.69, 9.17) is 0 Å². The fraction of sp³-hybridized carbons (Fsp3) is 0.529. The summed E-state index contributed by atoms with van der Waals surface area (Å²) in [5.74, 6) is 0.916. The van der Waals surface area contributed by atoms with Crippen LogP contribution in [0.15, 0.2) is 41.0 Å². The molecule has 0 radical (unpaired) electrons. The van der Waals surface area contributed by atoms with E-state index >= 15 is 0 Å². The van der Waals surface area contributed by atoms with Gasteiger partial charge in [0.15, 0.2) is 5.96 Å². The van der Waals surface area contributed by atoms with Gasteiger partial charge in [0, 0.05) is 38.1 Å². The van der Waals surface area contributed by atoms with Gasteiger partial charge in [-0.15, -0.1) is 35.3 Å². The summed E-state index contributed by atoms with van der Waals surface area (Å²) in [6, 6.07) is 6.76. The van der Waals surface area contributed by atoms with E-state index in [-0.39, 0.29) is 24.0 Å². The van der Waals surface area contributed by atoms with Crippen molar-refractivity contribution in [3.05, 3.63) is 36.0 Å². The Kier molecular flexibility index (Phi) is 8.53. The molecule has 1 aliphatic heterocycles. The van der Waals surface area contributed by atoms with E-state index in [2.05, 4.69) is 50.1 Å². The second kappa shape index (κ2) is 10.6. The molecule has 6 nitrogen and oxygen atoms in total. The first-order chi connectivity index (χ1) is 11.8. The third-order valence-electron chi connectivity index (χ3n) is 4.16. The molecule has 8 heteroatoms. The molecule has 1 aliphatic rings. The zero-order chi connectivity index (χ0) is 16.6. The van der Waals surface area contributed by atoms with Gasteiger partial charge in [0.25, 0.3) is 0 Å². The number of aromatic nitrogens is 2. The van der Waals surface area contributed by atoms with Crippen molar-refractivity contribution in [2.24, 2.45) is 4.99 Å². The Morgan fingerprint density at radius 2 is 2.20 bits per heavy atom. The Hall–Kier alpha value is -1.29. The van der Waals surface area contributed by atoms with E-state index in [1.165, 1.54) is 5.00 Å². The maximum atomic E-state index is 4.67. The van der Waals surface area contributed by atoms with Gasteiger partial charge in [-0.05, 0) is 43.3 Å². The monoisotopic (exact) mass is 474 g/mol. The van der Waals surface area contributed by atoms with Crippen LogP contribution in [0.3, 0.4) is 0 Å². The van der Waals surface area contributed by atoms with Crippen molar-refractivity contribution in [3.8, 4) is 0 Å². The highest BCUT2D eigenvalue weighted by Crippen LogP contribution is 2.24. The number of rotatable bonds is 6. The van der Waals surface area contributed by atoms with Crippen LogP contribution in [0.1, 0.15) is 19.8 Å². The second-order valence-electron chi connectivity index (χ2n) is 5.89. The van der Waals surface area contributed by atoms with Gasteiger partial charge in [-0.2, -0.15) is 5.10 Å². The molecule has 25 heavy (non-hydrogen) atoms. The minimum absolute atomic E-state index is 0. The number of piperidine rings is 1. The highest BCUT2D eigenvalue weighted by Gasteiger charge is 2.20. The average Bonchev–Trinajstić information content (AvgIpc) is 3.29. The lowest BCUT2D eigenvalue weighted by Gasteiger charge is -2.33. The first kappa shape index (κ1) is 20.0. The molecule has 0 amide bonds. The summed E-state index contributed by atoms with van der Waals surface area (Å²) in [6.07, 6.45) is 6.05. The summed E-state index contributed by atoms with van der Waals surface area (Å²) in [5, 5.41) is 14.7. The molecular formula is C17H27IN6S. The molecule has 0 aromatic carbocycles. The van der Waals surface area contributed by atoms with Crippen LogP contribution in [0.5, 0.6) is 0 Å². The molecular weight excluding hydrogens is 447 g/mol. The number of nitrogens with zero attached hydrogens (tertiary/aromatic N) is 4. The number of halogens is 1. The summed E-state index contributed by atoms with van der Waals surface area (Å²) < 4.78 is 1.91. The standard InChI is InChI=1S/C17H26N6S.HI/c1-2-18-17(19-9-13-23-10-4-8-20-23)21-15-6-11-22(12-7-15)16-5-3-14-24-16;/h3-5,8,10,14-15H,2,6-7,9,11-13H2,1H3,(H2,18,19,21);1H. The van der Waals surface area contributed by atoms with Crippen molar-refractivity contribution in [1.82, 2.24) is 20.4 Å². The van der Waals surface area contributed by atoms with Crippen molar-refractivity contribution in [3.63, 3.8) is 0 Å². The topological polar surface area (TPSA) is 57.5 Å². The molecule has 138 valence electrons. The second-order valence-corrected chi connectivity index (χ2v) is 6.81. The lowest BCUT2D eigenvalue weighted by atomic mass is 10.1. The van der Waals surface area contributed by atoms with Crippen LogP contribution in [-0.2, 0) is 6.54 Å². The van der Waals surface area contributed by atoms with Gasteiger partial charge in [0.05, 0.1) is 18.1 Å². The molecule has 3 rings (SSSR count). The summed E-state index contributed by atoms with van der Waals surface area (Å²) in [7, 11) is 0. The first-order valence-electron chi connectivity index (χ1n) is 8.66. The molecule has 0 unspecified atom stereocenters. The molecule has 2 N–H and O–H groups in total. The number of hydrogen-bond acceptors (Lipinski definition) is 4. The predicted molar refractivity (Wildman–Crippen MR) is 116 cm³/mol. The fourth-order valence-electron chi connectivity index (χ4n) is 2.90. The Balaban J connectivity index is 0.00000225. The van der Waals surface area contributed by atoms with Crippen LogP contribution in [0, 0.1) is 0 Å². The van der Waals surface area contributed by atoms with Gasteiger partial charge in [-0.1, -0.05) is 0 Å². The number of guanidine groups is 1. The quantitative estimate of drug-likeness (QED) is 0.384. The number of nitrogens with one attached hydrogen (secondary N) is 2. The summed E-state index contributed by atoms with van der Waals surface area (Å²) in [5.41, 5.74) is 0. The minimum atomic E-state index is 0. The minimum Gasteiger partial charge on any atom is -0.363 e.